The summed E-state index contributed by atoms with van der Waals surface area (Å²) in [6, 6.07) is 0. The van der Waals surface area contributed by atoms with Gasteiger partial charge in [-0.2, -0.15) is 9.67 Å². The van der Waals surface area contributed by atoms with Crippen LogP contribution in [0.25, 0.3) is 0 Å². The van der Waals surface area contributed by atoms with Gasteiger partial charge in [0.25, 0.3) is 5.56 Å². The van der Waals surface area contributed by atoms with Gasteiger partial charge >= 0.3 is 11.8 Å². The molecule has 0 saturated heterocycles. The van der Waals surface area contributed by atoms with E-state index in [1.54, 1.807) is 5.10 Å². The van der Waals surface area contributed by atoms with Gasteiger partial charge in [-0.25, -0.2) is 14.7 Å². The Balaban J connectivity index is 3.58. The molecule has 11 heavy (non-hydrogen) atoms. The summed E-state index contributed by atoms with van der Waals surface area (Å²) in [5.74, 6) is 0. The van der Waals surface area contributed by atoms with Crippen molar-refractivity contribution in [2.24, 2.45) is 0 Å². The fourth-order valence-corrected chi connectivity index (χ4v) is 0.532. The Hall–Kier alpha value is -1.92. The zero-order chi connectivity index (χ0) is 8.43. The maximum atomic E-state index is 10.6. The Bertz CT molecular complexity index is 361. The molecule has 0 unspecified atom stereocenters. The largest absolute Gasteiger partial charge is 0.464 e. The van der Waals surface area contributed by atoms with Gasteiger partial charge in [-0.15, -0.1) is 0 Å². The van der Waals surface area contributed by atoms with Crippen LogP contribution in [0.15, 0.2) is 15.8 Å². The molecule has 0 atom stereocenters. The van der Waals surface area contributed by atoms with Crippen molar-refractivity contribution in [3.63, 3.8) is 0 Å². The van der Waals surface area contributed by atoms with Crippen LogP contribution in [0.5, 0.6) is 0 Å². The van der Waals surface area contributed by atoms with Crippen molar-refractivity contribution in [2.45, 2.75) is 0 Å². The van der Waals surface area contributed by atoms with E-state index in [2.05, 4.69) is 5.10 Å². The summed E-state index contributed by atoms with van der Waals surface area (Å²) in [4.78, 5) is 31.3. The van der Waals surface area contributed by atoms with Crippen molar-refractivity contribution < 1.29 is 9.90 Å². The van der Waals surface area contributed by atoms with E-state index >= 15 is 0 Å². The molecular weight excluding hydrogens is 154 g/mol. The van der Waals surface area contributed by atoms with Gasteiger partial charge in [0.2, 0.25) is 0 Å². The van der Waals surface area contributed by atoms with Gasteiger partial charge in [0, 0.05) is 0 Å². The van der Waals surface area contributed by atoms with E-state index in [0.29, 0.717) is 6.20 Å². The molecule has 1 aromatic rings. The summed E-state index contributed by atoms with van der Waals surface area (Å²) < 4.78 is 0.0208. The number of hydrogen-bond donors (Lipinski definition) is 2. The predicted octanol–water partition coefficient (Wildman–Crippen LogP) is -1.54. The minimum atomic E-state index is -1.63. The first-order valence-corrected chi connectivity index (χ1v) is 2.53. The Morgan fingerprint density at radius 1 is 1.64 bits per heavy atom. The molecule has 1 heterocycles. The number of rotatable bonds is 0. The minimum absolute atomic E-state index is 0.0208. The second-order valence-electron chi connectivity index (χ2n) is 1.63. The number of nitrogens with one attached hydrogen (secondary N) is 1. The number of nitrogens with zero attached hydrogens (tertiary/aromatic N) is 2. The molecule has 0 saturated carbocycles. The quantitative estimate of drug-likeness (QED) is 0.474. The summed E-state index contributed by atoms with van der Waals surface area (Å²) in [6.45, 7) is 0. The summed E-state index contributed by atoms with van der Waals surface area (Å²) in [6.07, 6.45) is -0.922. The molecular formula is C4H3N3O4. The maximum absolute atomic E-state index is 10.6. The third kappa shape index (κ3) is 1.16. The van der Waals surface area contributed by atoms with Crippen LogP contribution in [0.2, 0.25) is 0 Å². The van der Waals surface area contributed by atoms with E-state index in [4.69, 9.17) is 5.11 Å². The Kier molecular flexibility index (Phi) is 1.55. The highest BCUT2D eigenvalue weighted by atomic mass is 16.4. The maximum Gasteiger partial charge on any atom is 0.422 e. The van der Waals surface area contributed by atoms with Gasteiger partial charge in [-0.1, -0.05) is 0 Å². The molecule has 7 heteroatoms. The molecule has 1 rings (SSSR count). The highest BCUT2D eigenvalue weighted by Crippen LogP contribution is 1.64. The first-order chi connectivity index (χ1) is 5.13. The molecule has 0 spiro atoms. The van der Waals surface area contributed by atoms with Crippen LogP contribution < -0.4 is 11.2 Å². The lowest BCUT2D eigenvalue weighted by Crippen LogP contribution is -2.39. The topological polar surface area (TPSA) is 105 Å². The monoisotopic (exact) mass is 157 g/mol. The van der Waals surface area contributed by atoms with Crippen molar-refractivity contribution in [1.82, 2.24) is 14.8 Å². The molecule has 0 bridgehead atoms. The first kappa shape index (κ1) is 7.19. The number of H-pyrrole nitrogens is 1. The fourth-order valence-electron chi connectivity index (χ4n) is 0.532. The highest BCUT2D eigenvalue weighted by molar-refractivity contribution is 5.67. The van der Waals surface area contributed by atoms with Gasteiger partial charge in [0.15, 0.2) is 0 Å². The van der Waals surface area contributed by atoms with Crippen molar-refractivity contribution >= 4 is 6.09 Å². The molecule has 0 fully saturated rings. The van der Waals surface area contributed by atoms with Crippen LogP contribution in [0, 0.1) is 0 Å². The van der Waals surface area contributed by atoms with Gasteiger partial charge in [-0.3, -0.25) is 4.79 Å². The lowest BCUT2D eigenvalue weighted by atomic mass is 10.8. The van der Waals surface area contributed by atoms with Crippen molar-refractivity contribution in [1.29, 1.82) is 0 Å². The number of hydrogen-bond acceptors (Lipinski definition) is 4. The standard InChI is InChI=1S/C4H3N3O4/c8-2-1-5-6-3(9)7(2)4(10)11/h1H,(H,6,9)(H,10,11). The average Bonchev–Trinajstić information content (AvgIpc) is 1.85. The smallest absolute Gasteiger partial charge is 0.422 e. The molecule has 1 aromatic heterocycles. The normalized spacial score (nSPS) is 9.45. The van der Waals surface area contributed by atoms with Crippen molar-refractivity contribution in [3.8, 4) is 0 Å². The summed E-state index contributed by atoms with van der Waals surface area (Å²) in [5.41, 5.74) is -2.04. The van der Waals surface area contributed by atoms with E-state index in [9.17, 15) is 14.4 Å². The molecule has 2 N–H and O–H groups in total. The number of carbonyl (C=O) groups is 1. The molecule has 0 radical (unpaired) electrons. The Labute approximate surface area is 58.9 Å². The minimum Gasteiger partial charge on any atom is -0.464 e. The van der Waals surface area contributed by atoms with Crippen LogP contribution in [0.3, 0.4) is 0 Å². The average molecular weight is 157 g/mol. The van der Waals surface area contributed by atoms with Crippen LogP contribution in [0.1, 0.15) is 0 Å². The summed E-state index contributed by atoms with van der Waals surface area (Å²) in [5, 5.41) is 13.2. The first-order valence-electron chi connectivity index (χ1n) is 2.53. The molecule has 0 aliphatic carbocycles. The van der Waals surface area contributed by atoms with Gasteiger partial charge < -0.3 is 5.11 Å². The van der Waals surface area contributed by atoms with Gasteiger partial charge in [0.05, 0.1) is 0 Å². The SMILES string of the molecule is O=C(O)n1c(=O)cn[nH]c1=O. The molecule has 0 aromatic carbocycles. The van der Waals surface area contributed by atoms with Crippen LogP contribution in [0.4, 0.5) is 4.79 Å². The lowest BCUT2D eigenvalue weighted by Gasteiger charge is -1.91. The Morgan fingerprint density at radius 2 is 2.27 bits per heavy atom. The summed E-state index contributed by atoms with van der Waals surface area (Å²) in [7, 11) is 0. The van der Waals surface area contributed by atoms with Crippen molar-refractivity contribution in [3.05, 3.63) is 27.0 Å². The third-order valence-corrected chi connectivity index (χ3v) is 0.950. The number of carboxylic acid groups (broad SMARTS) is 1. The van der Waals surface area contributed by atoms with Crippen LogP contribution in [-0.2, 0) is 0 Å². The van der Waals surface area contributed by atoms with Gasteiger partial charge in [-0.05, 0) is 0 Å². The van der Waals surface area contributed by atoms with E-state index in [0.717, 1.165) is 0 Å². The number of aromatic amines is 1. The van der Waals surface area contributed by atoms with Crippen LogP contribution in [-0.4, -0.2) is 26.0 Å². The van der Waals surface area contributed by atoms with Crippen LogP contribution >= 0.6 is 0 Å². The highest BCUT2D eigenvalue weighted by Gasteiger charge is 2.06. The van der Waals surface area contributed by atoms with E-state index in [-0.39, 0.29) is 4.57 Å². The van der Waals surface area contributed by atoms with Crippen molar-refractivity contribution in [2.75, 3.05) is 0 Å². The fraction of sp³-hybridized carbons (Fsp3) is 0. The Morgan fingerprint density at radius 3 is 2.64 bits per heavy atom. The second-order valence-corrected chi connectivity index (χ2v) is 1.63. The second kappa shape index (κ2) is 2.37. The zero-order valence-electron chi connectivity index (χ0n) is 5.14. The van der Waals surface area contributed by atoms with E-state index in [1.165, 1.54) is 0 Å². The third-order valence-electron chi connectivity index (χ3n) is 0.950. The summed E-state index contributed by atoms with van der Waals surface area (Å²) >= 11 is 0. The zero-order valence-corrected chi connectivity index (χ0v) is 5.14. The molecule has 0 amide bonds. The molecule has 58 valence electrons. The lowest BCUT2D eigenvalue weighted by molar-refractivity contribution is 0.193. The van der Waals surface area contributed by atoms with E-state index in [1.807, 2.05) is 0 Å². The molecule has 7 nitrogen and oxygen atoms in total. The molecule has 0 aliphatic heterocycles. The molecule has 0 aliphatic rings. The van der Waals surface area contributed by atoms with Gasteiger partial charge in [0.1, 0.15) is 6.20 Å². The number of aromatic nitrogens is 3. The predicted molar refractivity (Wildman–Crippen MR) is 32.5 cm³/mol. The van der Waals surface area contributed by atoms with E-state index < -0.39 is 17.3 Å².